The first kappa shape index (κ1) is 17.5. The van der Waals surface area contributed by atoms with Crippen molar-refractivity contribution in [3.05, 3.63) is 53.9 Å². The molecule has 3 aromatic rings. The van der Waals surface area contributed by atoms with Gasteiger partial charge in [0.1, 0.15) is 11.8 Å². The van der Waals surface area contributed by atoms with Crippen LogP contribution in [0.4, 0.5) is 0 Å². The molecule has 8 nitrogen and oxygen atoms in total. The number of hydrogen-bond donors (Lipinski definition) is 1. The molecular formula is C21H20N4O4. The second-order valence-corrected chi connectivity index (χ2v) is 7.19. The summed E-state index contributed by atoms with van der Waals surface area (Å²) in [7, 11) is 0. The average Bonchev–Trinajstić information content (AvgIpc) is 3.49. The van der Waals surface area contributed by atoms with E-state index in [1.165, 1.54) is 0 Å². The van der Waals surface area contributed by atoms with Gasteiger partial charge in [0, 0.05) is 30.8 Å². The van der Waals surface area contributed by atoms with E-state index in [-0.39, 0.29) is 18.8 Å². The number of aryl methyl sites for hydroxylation is 1. The van der Waals surface area contributed by atoms with Crippen LogP contribution < -0.4 is 14.2 Å². The van der Waals surface area contributed by atoms with Crippen molar-refractivity contribution in [1.29, 1.82) is 0 Å². The van der Waals surface area contributed by atoms with Crippen molar-refractivity contribution in [2.24, 2.45) is 0 Å². The predicted molar refractivity (Wildman–Crippen MR) is 104 cm³/mol. The Balaban J connectivity index is 1.25. The molecule has 0 aliphatic carbocycles. The number of H-pyrrole nitrogens is 1. The molecule has 2 aliphatic rings. The summed E-state index contributed by atoms with van der Waals surface area (Å²) >= 11 is 0. The Bertz CT molecular complexity index is 1050. The maximum Gasteiger partial charge on any atom is 0.272 e. The second kappa shape index (κ2) is 7.12. The predicted octanol–water partition coefficient (Wildman–Crippen LogP) is 2.80. The smallest absolute Gasteiger partial charge is 0.272 e. The molecule has 0 saturated carbocycles. The standard InChI is InChI=1S/C21H20N4O4/c1-13-2-5-20(22-10-13)29-15-6-7-25(11-15)21(26)17-9-16(23-24-17)14-3-4-18-19(8-14)28-12-27-18/h2-5,8-10,15H,6-7,11-12H2,1H3,(H,23,24). The van der Waals surface area contributed by atoms with Gasteiger partial charge in [0.2, 0.25) is 12.7 Å². The zero-order valence-corrected chi connectivity index (χ0v) is 15.9. The lowest BCUT2D eigenvalue weighted by atomic mass is 10.1. The van der Waals surface area contributed by atoms with Gasteiger partial charge in [-0.25, -0.2) is 4.98 Å². The highest BCUT2D eigenvalue weighted by atomic mass is 16.7. The largest absolute Gasteiger partial charge is 0.472 e. The quantitative estimate of drug-likeness (QED) is 0.734. The Labute approximate surface area is 167 Å². The first-order chi connectivity index (χ1) is 14.2. The molecule has 8 heteroatoms. The van der Waals surface area contributed by atoms with Gasteiger partial charge in [-0.3, -0.25) is 9.89 Å². The number of carbonyl (C=O) groups is 1. The van der Waals surface area contributed by atoms with E-state index in [1.807, 2.05) is 37.3 Å². The first-order valence-corrected chi connectivity index (χ1v) is 9.50. The van der Waals surface area contributed by atoms with Gasteiger partial charge in [0.15, 0.2) is 11.5 Å². The summed E-state index contributed by atoms with van der Waals surface area (Å²) in [5, 5.41) is 7.14. The van der Waals surface area contributed by atoms with E-state index in [4.69, 9.17) is 14.2 Å². The molecule has 1 saturated heterocycles. The van der Waals surface area contributed by atoms with Crippen molar-refractivity contribution in [3.63, 3.8) is 0 Å². The lowest BCUT2D eigenvalue weighted by molar-refractivity contribution is 0.0765. The van der Waals surface area contributed by atoms with E-state index in [0.717, 1.165) is 17.5 Å². The Morgan fingerprint density at radius 2 is 2.10 bits per heavy atom. The van der Waals surface area contributed by atoms with E-state index in [2.05, 4.69) is 15.2 Å². The summed E-state index contributed by atoms with van der Waals surface area (Å²) < 4.78 is 16.6. The number of rotatable bonds is 4. The summed E-state index contributed by atoms with van der Waals surface area (Å²) in [4.78, 5) is 18.9. The van der Waals surface area contributed by atoms with E-state index in [0.29, 0.717) is 41.9 Å². The highest BCUT2D eigenvalue weighted by molar-refractivity contribution is 5.93. The molecule has 4 heterocycles. The minimum Gasteiger partial charge on any atom is -0.472 e. The summed E-state index contributed by atoms with van der Waals surface area (Å²) in [6.07, 6.45) is 2.48. The van der Waals surface area contributed by atoms with E-state index < -0.39 is 0 Å². The number of hydrogen-bond acceptors (Lipinski definition) is 6. The van der Waals surface area contributed by atoms with Crippen LogP contribution in [0, 0.1) is 6.92 Å². The molecule has 1 N–H and O–H groups in total. The topological polar surface area (TPSA) is 89.6 Å². The molecule has 0 spiro atoms. The maximum absolute atomic E-state index is 12.9. The number of benzene rings is 1. The third-order valence-electron chi connectivity index (χ3n) is 5.08. The molecule has 5 rings (SSSR count). The van der Waals surface area contributed by atoms with Crippen LogP contribution in [0.1, 0.15) is 22.5 Å². The number of nitrogens with zero attached hydrogens (tertiary/aromatic N) is 3. The molecule has 1 atom stereocenters. The molecule has 0 radical (unpaired) electrons. The summed E-state index contributed by atoms with van der Waals surface area (Å²) in [5.74, 6) is 1.89. The Kier molecular flexibility index (Phi) is 4.31. The zero-order chi connectivity index (χ0) is 19.8. The Hall–Kier alpha value is -3.55. The number of pyridine rings is 1. The van der Waals surface area contributed by atoms with Crippen LogP contribution in [0.3, 0.4) is 0 Å². The molecule has 1 unspecified atom stereocenters. The van der Waals surface area contributed by atoms with Gasteiger partial charge in [0.05, 0.1) is 12.2 Å². The van der Waals surface area contributed by atoms with Crippen molar-refractivity contribution in [1.82, 2.24) is 20.1 Å². The third-order valence-corrected chi connectivity index (χ3v) is 5.08. The van der Waals surface area contributed by atoms with E-state index in [1.54, 1.807) is 17.2 Å². The molecule has 0 bridgehead atoms. The van der Waals surface area contributed by atoms with Crippen molar-refractivity contribution in [2.45, 2.75) is 19.4 Å². The number of ether oxygens (including phenoxy) is 3. The molecule has 29 heavy (non-hydrogen) atoms. The minimum absolute atomic E-state index is 0.0644. The Morgan fingerprint density at radius 1 is 1.21 bits per heavy atom. The van der Waals surface area contributed by atoms with Crippen LogP contribution >= 0.6 is 0 Å². The number of aromatic nitrogens is 3. The van der Waals surface area contributed by atoms with Gasteiger partial charge < -0.3 is 19.1 Å². The highest BCUT2D eigenvalue weighted by Crippen LogP contribution is 2.35. The average molecular weight is 392 g/mol. The summed E-state index contributed by atoms with van der Waals surface area (Å²) in [6.45, 7) is 3.36. The summed E-state index contributed by atoms with van der Waals surface area (Å²) in [5.41, 5.74) is 3.07. The van der Waals surface area contributed by atoms with Crippen molar-refractivity contribution in [3.8, 4) is 28.6 Å². The lowest BCUT2D eigenvalue weighted by Gasteiger charge is -2.16. The van der Waals surface area contributed by atoms with Crippen LogP contribution in [0.15, 0.2) is 42.6 Å². The number of nitrogens with one attached hydrogen (secondary N) is 1. The fourth-order valence-electron chi connectivity index (χ4n) is 3.51. The number of aromatic amines is 1. The normalized spacial score (nSPS) is 17.6. The maximum atomic E-state index is 12.9. The molecule has 148 valence electrons. The third kappa shape index (κ3) is 3.49. The SMILES string of the molecule is Cc1ccc(OC2CCN(C(=O)c3cc(-c4ccc5c(c4)OCO5)n[nH]3)C2)nc1. The fourth-order valence-corrected chi connectivity index (χ4v) is 3.51. The van der Waals surface area contributed by atoms with Crippen molar-refractivity contribution < 1.29 is 19.0 Å². The zero-order valence-electron chi connectivity index (χ0n) is 15.9. The molecule has 1 aromatic carbocycles. The fraction of sp³-hybridized carbons (Fsp3) is 0.286. The van der Waals surface area contributed by atoms with Gasteiger partial charge >= 0.3 is 0 Å². The lowest BCUT2D eigenvalue weighted by Crippen LogP contribution is -2.31. The van der Waals surface area contributed by atoms with Crippen molar-refractivity contribution in [2.75, 3.05) is 19.9 Å². The minimum atomic E-state index is -0.0903. The molecule has 2 aromatic heterocycles. The second-order valence-electron chi connectivity index (χ2n) is 7.19. The molecule has 1 fully saturated rings. The number of carbonyl (C=O) groups excluding carboxylic acids is 1. The van der Waals surface area contributed by atoms with E-state index >= 15 is 0 Å². The monoisotopic (exact) mass is 392 g/mol. The van der Waals surface area contributed by atoms with Gasteiger partial charge in [-0.1, -0.05) is 6.07 Å². The van der Waals surface area contributed by atoms with Gasteiger partial charge in [0.25, 0.3) is 5.91 Å². The van der Waals surface area contributed by atoms with Crippen LogP contribution in [0.25, 0.3) is 11.3 Å². The molecule has 2 aliphatic heterocycles. The van der Waals surface area contributed by atoms with Crippen LogP contribution in [0.5, 0.6) is 17.4 Å². The van der Waals surface area contributed by atoms with Crippen LogP contribution in [-0.2, 0) is 0 Å². The van der Waals surface area contributed by atoms with Crippen LogP contribution in [0.2, 0.25) is 0 Å². The number of amides is 1. The van der Waals surface area contributed by atoms with Crippen molar-refractivity contribution >= 4 is 5.91 Å². The number of fused-ring (bicyclic) bond motifs is 1. The Morgan fingerprint density at radius 3 is 2.97 bits per heavy atom. The highest BCUT2D eigenvalue weighted by Gasteiger charge is 2.29. The van der Waals surface area contributed by atoms with Gasteiger partial charge in [-0.15, -0.1) is 0 Å². The first-order valence-electron chi connectivity index (χ1n) is 9.50. The molecule has 1 amide bonds. The van der Waals surface area contributed by atoms with Gasteiger partial charge in [-0.2, -0.15) is 5.10 Å². The number of likely N-dealkylation sites (tertiary alicyclic amines) is 1. The van der Waals surface area contributed by atoms with Crippen LogP contribution in [-0.4, -0.2) is 52.0 Å². The van der Waals surface area contributed by atoms with Gasteiger partial charge in [-0.05, 0) is 36.8 Å². The van der Waals surface area contributed by atoms with E-state index in [9.17, 15) is 4.79 Å². The molecular weight excluding hydrogens is 372 g/mol. The summed E-state index contributed by atoms with van der Waals surface area (Å²) in [6, 6.07) is 11.2.